The van der Waals surface area contributed by atoms with Gasteiger partial charge in [-0.1, -0.05) is 11.6 Å². The number of aromatic nitrogens is 1. The lowest BCUT2D eigenvalue weighted by Crippen LogP contribution is -2.45. The van der Waals surface area contributed by atoms with Gasteiger partial charge in [-0.25, -0.2) is 4.98 Å². The van der Waals surface area contributed by atoms with Crippen LogP contribution in [0.3, 0.4) is 0 Å². The van der Waals surface area contributed by atoms with Crippen LogP contribution in [0.2, 0.25) is 5.15 Å². The minimum Gasteiger partial charge on any atom is -0.350 e. The fourth-order valence-corrected chi connectivity index (χ4v) is 1.82. The Hall–Kier alpha value is -1.14. The number of carbonyl (C=O) groups is 2. The molecule has 0 aliphatic heterocycles. The molecule has 7 heteroatoms. The van der Waals surface area contributed by atoms with E-state index in [1.165, 1.54) is 6.20 Å². The average molecular weight is 349 g/mol. The highest BCUT2D eigenvalue weighted by Crippen LogP contribution is 2.17. The number of nitrogens with zero attached hydrogens (tertiary/aromatic N) is 1. The standard InChI is InChI=1S/C12H15BrClN3O2/c1-12(2,3)17-9(18)6-16-11(19)8-4-7(13)5-15-10(8)14/h4-5H,6H2,1-3H3,(H,16,19)(H,17,18). The van der Waals surface area contributed by atoms with E-state index in [9.17, 15) is 9.59 Å². The first-order chi connectivity index (χ1) is 8.69. The van der Waals surface area contributed by atoms with Crippen LogP contribution >= 0.6 is 27.5 Å². The number of amides is 2. The van der Waals surface area contributed by atoms with E-state index >= 15 is 0 Å². The van der Waals surface area contributed by atoms with Gasteiger partial charge in [-0.05, 0) is 42.8 Å². The predicted molar refractivity (Wildman–Crippen MR) is 77.2 cm³/mol. The highest BCUT2D eigenvalue weighted by atomic mass is 79.9. The van der Waals surface area contributed by atoms with Crippen LogP contribution in [0, 0.1) is 0 Å². The van der Waals surface area contributed by atoms with Gasteiger partial charge in [0.25, 0.3) is 5.91 Å². The number of rotatable bonds is 3. The summed E-state index contributed by atoms with van der Waals surface area (Å²) in [7, 11) is 0. The van der Waals surface area contributed by atoms with Gasteiger partial charge in [0.15, 0.2) is 0 Å². The molecule has 0 saturated carbocycles. The quantitative estimate of drug-likeness (QED) is 0.822. The van der Waals surface area contributed by atoms with Crippen molar-refractivity contribution >= 4 is 39.3 Å². The van der Waals surface area contributed by atoms with Crippen LogP contribution in [0.15, 0.2) is 16.7 Å². The third kappa shape index (κ3) is 5.57. The van der Waals surface area contributed by atoms with Crippen molar-refractivity contribution in [2.75, 3.05) is 6.54 Å². The van der Waals surface area contributed by atoms with Crippen LogP contribution in [-0.2, 0) is 4.79 Å². The summed E-state index contributed by atoms with van der Waals surface area (Å²) in [6, 6.07) is 1.55. The predicted octanol–water partition coefficient (Wildman–Crippen LogP) is 2.14. The molecule has 0 bridgehead atoms. The second kappa shape index (κ2) is 6.34. The molecule has 2 N–H and O–H groups in total. The molecule has 0 unspecified atom stereocenters. The molecule has 0 aliphatic rings. The average Bonchev–Trinajstić information content (AvgIpc) is 2.27. The Kier molecular flexibility index (Phi) is 5.31. The van der Waals surface area contributed by atoms with Crippen molar-refractivity contribution in [1.29, 1.82) is 0 Å². The number of hydrogen-bond acceptors (Lipinski definition) is 3. The number of nitrogens with one attached hydrogen (secondary N) is 2. The zero-order chi connectivity index (χ0) is 14.6. The Balaban J connectivity index is 2.61. The largest absolute Gasteiger partial charge is 0.350 e. The zero-order valence-corrected chi connectivity index (χ0v) is 13.2. The minimum atomic E-state index is -0.442. The molecule has 1 aromatic heterocycles. The Labute approximate surface area is 125 Å². The molecule has 0 aliphatic carbocycles. The van der Waals surface area contributed by atoms with Crippen LogP contribution < -0.4 is 10.6 Å². The van der Waals surface area contributed by atoms with Crippen molar-refractivity contribution in [1.82, 2.24) is 15.6 Å². The summed E-state index contributed by atoms with van der Waals surface area (Å²) in [5, 5.41) is 5.33. The van der Waals surface area contributed by atoms with E-state index in [-0.39, 0.29) is 28.7 Å². The van der Waals surface area contributed by atoms with E-state index in [0.29, 0.717) is 4.47 Å². The van der Waals surface area contributed by atoms with Gasteiger partial charge in [-0.2, -0.15) is 0 Å². The SMILES string of the molecule is CC(C)(C)NC(=O)CNC(=O)c1cc(Br)cnc1Cl. The molecule has 0 radical (unpaired) electrons. The summed E-state index contributed by atoms with van der Waals surface area (Å²) in [5.74, 6) is -0.706. The Morgan fingerprint density at radius 3 is 2.63 bits per heavy atom. The summed E-state index contributed by atoms with van der Waals surface area (Å²) in [6.45, 7) is 5.48. The summed E-state index contributed by atoms with van der Waals surface area (Å²) in [6.07, 6.45) is 1.49. The molecule has 0 fully saturated rings. The van der Waals surface area contributed by atoms with Gasteiger partial charge >= 0.3 is 0 Å². The second-order valence-electron chi connectivity index (χ2n) is 4.97. The number of pyridine rings is 1. The van der Waals surface area contributed by atoms with Crippen molar-refractivity contribution in [2.24, 2.45) is 0 Å². The highest BCUT2D eigenvalue weighted by Gasteiger charge is 2.16. The fourth-order valence-electron chi connectivity index (χ4n) is 1.30. The van der Waals surface area contributed by atoms with Gasteiger partial charge in [0.05, 0.1) is 12.1 Å². The van der Waals surface area contributed by atoms with E-state index in [1.54, 1.807) is 6.07 Å². The van der Waals surface area contributed by atoms with Gasteiger partial charge in [-0.3, -0.25) is 9.59 Å². The van der Waals surface area contributed by atoms with Crippen LogP contribution in [0.25, 0.3) is 0 Å². The molecule has 1 rings (SSSR count). The molecular formula is C12H15BrClN3O2. The maximum Gasteiger partial charge on any atom is 0.254 e. The van der Waals surface area contributed by atoms with E-state index in [2.05, 4.69) is 31.5 Å². The molecular weight excluding hydrogens is 334 g/mol. The van der Waals surface area contributed by atoms with Crippen LogP contribution in [0.5, 0.6) is 0 Å². The van der Waals surface area contributed by atoms with Crippen molar-refractivity contribution in [3.63, 3.8) is 0 Å². The van der Waals surface area contributed by atoms with Gasteiger partial charge in [-0.15, -0.1) is 0 Å². The molecule has 0 spiro atoms. The number of hydrogen-bond donors (Lipinski definition) is 2. The number of halogens is 2. The molecule has 5 nitrogen and oxygen atoms in total. The van der Waals surface area contributed by atoms with Gasteiger partial charge < -0.3 is 10.6 Å². The lowest BCUT2D eigenvalue weighted by atomic mass is 10.1. The molecule has 1 aromatic rings. The summed E-state index contributed by atoms with van der Waals surface area (Å²) < 4.78 is 0.640. The van der Waals surface area contributed by atoms with Crippen LogP contribution in [0.1, 0.15) is 31.1 Å². The normalized spacial score (nSPS) is 11.0. The maximum absolute atomic E-state index is 11.9. The highest BCUT2D eigenvalue weighted by molar-refractivity contribution is 9.10. The smallest absolute Gasteiger partial charge is 0.254 e. The third-order valence-corrected chi connectivity index (χ3v) is 2.71. The van der Waals surface area contributed by atoms with Crippen LogP contribution in [-0.4, -0.2) is 28.9 Å². The molecule has 1 heterocycles. The molecule has 0 aromatic carbocycles. The maximum atomic E-state index is 11.9. The molecule has 0 atom stereocenters. The molecule has 19 heavy (non-hydrogen) atoms. The van der Waals surface area contributed by atoms with E-state index < -0.39 is 5.91 Å². The topological polar surface area (TPSA) is 71.1 Å². The van der Waals surface area contributed by atoms with Crippen LogP contribution in [0.4, 0.5) is 0 Å². The van der Waals surface area contributed by atoms with Crippen molar-refractivity contribution in [2.45, 2.75) is 26.3 Å². The molecule has 104 valence electrons. The first kappa shape index (κ1) is 15.9. The van der Waals surface area contributed by atoms with E-state index in [1.807, 2.05) is 20.8 Å². The summed E-state index contributed by atoms with van der Waals surface area (Å²) in [4.78, 5) is 27.3. The first-order valence-corrected chi connectivity index (χ1v) is 6.76. The third-order valence-electron chi connectivity index (χ3n) is 1.97. The Bertz CT molecular complexity index is 500. The zero-order valence-electron chi connectivity index (χ0n) is 10.9. The van der Waals surface area contributed by atoms with Gasteiger partial charge in [0.2, 0.25) is 5.91 Å². The van der Waals surface area contributed by atoms with Crippen molar-refractivity contribution in [3.05, 3.63) is 27.5 Å². The van der Waals surface area contributed by atoms with E-state index in [4.69, 9.17) is 11.6 Å². The minimum absolute atomic E-state index is 0.0944. The van der Waals surface area contributed by atoms with Gasteiger partial charge in [0, 0.05) is 16.2 Å². The van der Waals surface area contributed by atoms with Gasteiger partial charge in [0.1, 0.15) is 5.15 Å². The fraction of sp³-hybridized carbons (Fsp3) is 0.417. The summed E-state index contributed by atoms with van der Waals surface area (Å²) >= 11 is 9.02. The monoisotopic (exact) mass is 347 g/mol. The lowest BCUT2D eigenvalue weighted by molar-refractivity contribution is -0.121. The number of carbonyl (C=O) groups excluding carboxylic acids is 2. The first-order valence-electron chi connectivity index (χ1n) is 5.59. The summed E-state index contributed by atoms with van der Waals surface area (Å²) in [5.41, 5.74) is -0.115. The van der Waals surface area contributed by atoms with Crippen molar-refractivity contribution < 1.29 is 9.59 Å². The lowest BCUT2D eigenvalue weighted by Gasteiger charge is -2.20. The Morgan fingerprint density at radius 2 is 2.05 bits per heavy atom. The van der Waals surface area contributed by atoms with Crippen molar-refractivity contribution in [3.8, 4) is 0 Å². The second-order valence-corrected chi connectivity index (χ2v) is 6.25. The van der Waals surface area contributed by atoms with E-state index in [0.717, 1.165) is 0 Å². The Morgan fingerprint density at radius 1 is 1.42 bits per heavy atom. The molecule has 0 saturated heterocycles. The molecule has 2 amide bonds.